The molecule has 0 atom stereocenters. The molecule has 1 rings (SSSR count). The van der Waals surface area contributed by atoms with Gasteiger partial charge in [-0.2, -0.15) is 0 Å². The molecule has 0 fully saturated rings. The van der Waals surface area contributed by atoms with E-state index in [-0.39, 0.29) is 29.6 Å². The zero-order valence-electron chi connectivity index (χ0n) is 6.59. The summed E-state index contributed by atoms with van der Waals surface area (Å²) in [5.74, 6) is 0. The number of benzene rings is 1. The van der Waals surface area contributed by atoms with Crippen molar-refractivity contribution in [1.82, 2.24) is 0 Å². The van der Waals surface area contributed by atoms with Gasteiger partial charge in [-0.15, -0.1) is 0 Å². The molecule has 1 heteroatoms. The van der Waals surface area contributed by atoms with Gasteiger partial charge in [0.05, 0.1) is 0 Å². The second-order valence-corrected chi connectivity index (χ2v) is 2.15. The van der Waals surface area contributed by atoms with Crippen LogP contribution in [0.5, 0.6) is 0 Å². The van der Waals surface area contributed by atoms with E-state index in [1.165, 1.54) is 5.56 Å². The first-order valence-corrected chi connectivity index (χ1v) is 3.01. The van der Waals surface area contributed by atoms with Gasteiger partial charge in [0.1, 0.15) is 0 Å². The third-order valence-electron chi connectivity index (χ3n) is 1.27. The van der Waals surface area contributed by atoms with Gasteiger partial charge in [-0.25, -0.2) is 0 Å². The number of allylic oxidation sites excluding steroid dienone is 1. The van der Waals surface area contributed by atoms with Crippen LogP contribution in [0.15, 0.2) is 36.9 Å². The Morgan fingerprint density at radius 1 is 1.20 bits per heavy atom. The summed E-state index contributed by atoms with van der Waals surface area (Å²) in [6, 6.07) is 10.2. The summed E-state index contributed by atoms with van der Waals surface area (Å²) in [4.78, 5) is 0. The fraction of sp³-hybridized carbons (Fsp3) is 0.111. The van der Waals surface area contributed by atoms with E-state index in [1.807, 2.05) is 25.1 Å². The average molecular weight is 141 g/mol. The molecule has 0 heterocycles. The minimum atomic E-state index is 0. The molecule has 0 aliphatic heterocycles. The van der Waals surface area contributed by atoms with Crippen LogP contribution in [-0.4, -0.2) is 0 Å². The second-order valence-electron chi connectivity index (χ2n) is 2.15. The zero-order valence-corrected chi connectivity index (χ0v) is 8.59. The molecule has 0 bridgehead atoms. The summed E-state index contributed by atoms with van der Waals surface area (Å²) in [5.41, 5.74) is 2.34. The Balaban J connectivity index is 0.000000810. The van der Waals surface area contributed by atoms with Gasteiger partial charge < -0.3 is 0 Å². The molecule has 0 amide bonds. The normalized spacial score (nSPS) is 8.10. The van der Waals surface area contributed by atoms with Crippen LogP contribution in [0.1, 0.15) is 12.5 Å². The Labute approximate surface area is 84.3 Å². The van der Waals surface area contributed by atoms with E-state index in [4.69, 9.17) is 0 Å². The van der Waals surface area contributed by atoms with Gasteiger partial charge in [-0.05, 0) is 12.5 Å². The van der Waals surface area contributed by atoms with Crippen LogP contribution in [0.25, 0.3) is 5.57 Å². The van der Waals surface area contributed by atoms with E-state index < -0.39 is 0 Å². The van der Waals surface area contributed by atoms with Gasteiger partial charge >= 0.3 is 29.6 Å². The van der Waals surface area contributed by atoms with Crippen LogP contribution in [0.2, 0.25) is 0 Å². The van der Waals surface area contributed by atoms with E-state index in [0.29, 0.717) is 0 Å². The van der Waals surface area contributed by atoms with Crippen LogP contribution in [0.4, 0.5) is 0 Å². The first kappa shape index (κ1) is 9.96. The van der Waals surface area contributed by atoms with Crippen LogP contribution in [0, 0.1) is 0 Å². The van der Waals surface area contributed by atoms with Crippen molar-refractivity contribution in [2.75, 3.05) is 0 Å². The molecule has 0 saturated carbocycles. The van der Waals surface area contributed by atoms with E-state index in [1.54, 1.807) is 0 Å². The van der Waals surface area contributed by atoms with Crippen molar-refractivity contribution in [1.29, 1.82) is 0 Å². The molecule has 0 spiro atoms. The van der Waals surface area contributed by atoms with Gasteiger partial charge in [0, 0.05) is 0 Å². The largest absolute Gasteiger partial charge is 1.00 e. The summed E-state index contributed by atoms with van der Waals surface area (Å²) in [6.07, 6.45) is 0. The predicted octanol–water partition coefficient (Wildman–Crippen LogP) is -0.276. The predicted molar refractivity (Wildman–Crippen MR) is 41.2 cm³/mol. The fourth-order valence-corrected chi connectivity index (χ4v) is 0.723. The van der Waals surface area contributed by atoms with Crippen molar-refractivity contribution in [2.24, 2.45) is 0 Å². The van der Waals surface area contributed by atoms with E-state index in [9.17, 15) is 0 Å². The van der Waals surface area contributed by atoms with Gasteiger partial charge in [-0.1, -0.05) is 42.5 Å². The Morgan fingerprint density at radius 3 is 2.00 bits per heavy atom. The molecular weight excluding hydrogens is 131 g/mol. The molecule has 0 nitrogen and oxygen atoms in total. The maximum atomic E-state index is 3.83. The van der Waals surface area contributed by atoms with Crippen molar-refractivity contribution in [3.8, 4) is 0 Å². The monoisotopic (exact) mass is 141 g/mol. The van der Waals surface area contributed by atoms with E-state index in [0.717, 1.165) is 5.57 Å². The SMILES string of the molecule is C=C(C)c1ccccc1.[Na+]. The maximum Gasteiger partial charge on any atom is 1.00 e. The van der Waals surface area contributed by atoms with Crippen molar-refractivity contribution in [2.45, 2.75) is 6.92 Å². The van der Waals surface area contributed by atoms with Crippen LogP contribution >= 0.6 is 0 Å². The first-order valence-electron chi connectivity index (χ1n) is 3.01. The third kappa shape index (κ3) is 2.70. The minimum Gasteiger partial charge on any atom is -0.0955 e. The average Bonchev–Trinajstić information content (AvgIpc) is 1.90. The molecule has 1 aromatic carbocycles. The molecule has 0 saturated heterocycles. The third-order valence-corrected chi connectivity index (χ3v) is 1.27. The van der Waals surface area contributed by atoms with Gasteiger partial charge in [-0.3, -0.25) is 0 Å². The molecular formula is C9H10Na+. The van der Waals surface area contributed by atoms with Crippen LogP contribution in [-0.2, 0) is 0 Å². The summed E-state index contributed by atoms with van der Waals surface area (Å²) >= 11 is 0. The van der Waals surface area contributed by atoms with E-state index >= 15 is 0 Å². The molecule has 0 aliphatic rings. The molecule has 0 aromatic heterocycles. The summed E-state index contributed by atoms with van der Waals surface area (Å²) in [6.45, 7) is 5.83. The smallest absolute Gasteiger partial charge is 0.0955 e. The van der Waals surface area contributed by atoms with E-state index in [2.05, 4.69) is 18.7 Å². The van der Waals surface area contributed by atoms with Gasteiger partial charge in [0.2, 0.25) is 0 Å². The van der Waals surface area contributed by atoms with Crippen molar-refractivity contribution < 1.29 is 29.6 Å². The summed E-state index contributed by atoms with van der Waals surface area (Å²) in [5, 5.41) is 0. The van der Waals surface area contributed by atoms with Gasteiger partial charge in [0.25, 0.3) is 0 Å². The topological polar surface area (TPSA) is 0 Å². The zero-order chi connectivity index (χ0) is 6.69. The number of hydrogen-bond donors (Lipinski definition) is 0. The second kappa shape index (κ2) is 4.73. The molecule has 0 radical (unpaired) electrons. The molecule has 1 aromatic rings. The summed E-state index contributed by atoms with van der Waals surface area (Å²) in [7, 11) is 0. The maximum absolute atomic E-state index is 3.83. The number of hydrogen-bond acceptors (Lipinski definition) is 0. The molecule has 0 unspecified atom stereocenters. The Bertz CT molecular complexity index is 201. The Morgan fingerprint density at radius 2 is 1.70 bits per heavy atom. The Hall–Kier alpha value is -0.0400. The van der Waals surface area contributed by atoms with Gasteiger partial charge in [0.15, 0.2) is 0 Å². The molecule has 0 aliphatic carbocycles. The summed E-state index contributed by atoms with van der Waals surface area (Å²) < 4.78 is 0. The van der Waals surface area contributed by atoms with Crippen LogP contribution in [0.3, 0.4) is 0 Å². The minimum absolute atomic E-state index is 0. The van der Waals surface area contributed by atoms with Crippen molar-refractivity contribution in [3.63, 3.8) is 0 Å². The first-order chi connectivity index (χ1) is 4.30. The van der Waals surface area contributed by atoms with Crippen molar-refractivity contribution >= 4 is 5.57 Å². The standard InChI is InChI=1S/C9H10.Na/c1-8(2)9-6-4-3-5-7-9;/h3-7H,1H2,2H3;/q;+1. The number of rotatable bonds is 1. The molecule has 0 N–H and O–H groups in total. The fourth-order valence-electron chi connectivity index (χ4n) is 0.723. The molecule has 46 valence electrons. The van der Waals surface area contributed by atoms with Crippen molar-refractivity contribution in [3.05, 3.63) is 42.5 Å². The van der Waals surface area contributed by atoms with Crippen LogP contribution < -0.4 is 29.6 Å². The quantitative estimate of drug-likeness (QED) is 0.472. The Kier molecular flexibility index (Phi) is 4.71. The molecule has 10 heavy (non-hydrogen) atoms.